The molecule has 2 heterocycles. The fourth-order valence-electron chi connectivity index (χ4n) is 4.42. The normalized spacial score (nSPS) is 21.6. The Morgan fingerprint density at radius 3 is 2.60 bits per heavy atom. The monoisotopic (exact) mass is 429 g/mol. The fourth-order valence-corrected chi connectivity index (χ4v) is 5.73. The number of ether oxygens (including phenoxy) is 1. The number of likely N-dealkylation sites (N-methyl/N-ethyl adjacent to an activating group) is 1. The summed E-state index contributed by atoms with van der Waals surface area (Å²) in [7, 11) is -1.18. The van der Waals surface area contributed by atoms with Crippen molar-refractivity contribution in [1.29, 1.82) is 0 Å². The Morgan fingerprint density at radius 2 is 1.90 bits per heavy atom. The maximum absolute atomic E-state index is 12.0. The Balaban J connectivity index is 1.50. The number of nitrogens with one attached hydrogen (secondary N) is 2. The van der Waals surface area contributed by atoms with Crippen LogP contribution in [0.3, 0.4) is 0 Å². The van der Waals surface area contributed by atoms with Crippen LogP contribution in [0.5, 0.6) is 5.75 Å². The highest BCUT2D eigenvalue weighted by Gasteiger charge is 2.33. The highest BCUT2D eigenvalue weighted by Crippen LogP contribution is 2.39. The van der Waals surface area contributed by atoms with E-state index in [4.69, 9.17) is 4.74 Å². The molecule has 2 aliphatic rings. The van der Waals surface area contributed by atoms with Gasteiger partial charge in [-0.25, -0.2) is 13.1 Å². The van der Waals surface area contributed by atoms with Gasteiger partial charge in [0.1, 0.15) is 12.4 Å². The summed E-state index contributed by atoms with van der Waals surface area (Å²) in [5, 5.41) is 3.42. The van der Waals surface area contributed by atoms with Crippen molar-refractivity contribution in [2.75, 3.05) is 37.4 Å². The number of rotatable bonds is 8. The van der Waals surface area contributed by atoms with Gasteiger partial charge in [-0.2, -0.15) is 0 Å². The third kappa shape index (κ3) is 4.63. The maximum atomic E-state index is 12.0. The van der Waals surface area contributed by atoms with Gasteiger partial charge in [-0.05, 0) is 43.7 Å². The van der Waals surface area contributed by atoms with E-state index < -0.39 is 10.0 Å². The summed E-state index contributed by atoms with van der Waals surface area (Å²) in [4.78, 5) is 2.22. The van der Waals surface area contributed by atoms with Crippen molar-refractivity contribution in [3.05, 3.63) is 59.7 Å². The predicted molar refractivity (Wildman–Crippen MR) is 121 cm³/mol. The van der Waals surface area contributed by atoms with Crippen molar-refractivity contribution < 1.29 is 13.2 Å². The fraction of sp³-hybridized carbons (Fsp3) is 0.478. The summed E-state index contributed by atoms with van der Waals surface area (Å²) in [6.45, 7) is 3.93. The van der Waals surface area contributed by atoms with Crippen LogP contribution in [0.4, 0.5) is 5.69 Å². The van der Waals surface area contributed by atoms with E-state index in [1.54, 1.807) is 0 Å². The number of hydrogen-bond donors (Lipinski definition) is 2. The molecule has 2 aromatic rings. The van der Waals surface area contributed by atoms with Gasteiger partial charge in [0.2, 0.25) is 10.0 Å². The number of benzene rings is 2. The summed E-state index contributed by atoms with van der Waals surface area (Å²) in [6, 6.07) is 17.2. The van der Waals surface area contributed by atoms with Gasteiger partial charge < -0.3 is 15.0 Å². The molecule has 0 spiro atoms. The molecule has 2 atom stereocenters. The van der Waals surface area contributed by atoms with E-state index in [1.165, 1.54) is 11.1 Å². The first-order valence-corrected chi connectivity index (χ1v) is 12.4. The third-order valence-electron chi connectivity index (χ3n) is 6.03. The lowest BCUT2D eigenvalue weighted by Gasteiger charge is -2.42. The molecule has 1 fully saturated rings. The number of hydrogen-bond acceptors (Lipinski definition) is 5. The van der Waals surface area contributed by atoms with Crippen LogP contribution in [0.1, 0.15) is 30.4 Å². The van der Waals surface area contributed by atoms with E-state index in [9.17, 15) is 8.42 Å². The number of nitrogens with zero attached hydrogens (tertiary/aromatic N) is 1. The van der Waals surface area contributed by atoms with Crippen LogP contribution < -0.4 is 19.7 Å². The van der Waals surface area contributed by atoms with Crippen molar-refractivity contribution in [2.45, 2.75) is 37.8 Å². The van der Waals surface area contributed by atoms with Gasteiger partial charge in [0.25, 0.3) is 0 Å². The molecule has 0 bridgehead atoms. The summed E-state index contributed by atoms with van der Waals surface area (Å²) in [6.07, 6.45) is 1.58. The Morgan fingerprint density at radius 1 is 1.13 bits per heavy atom. The lowest BCUT2D eigenvalue weighted by Crippen LogP contribution is -2.59. The van der Waals surface area contributed by atoms with Gasteiger partial charge in [-0.3, -0.25) is 0 Å². The minimum absolute atomic E-state index is 0.0148. The Hall–Kier alpha value is -2.09. The zero-order valence-electron chi connectivity index (χ0n) is 17.7. The second-order valence-corrected chi connectivity index (χ2v) is 10.1. The van der Waals surface area contributed by atoms with Crippen LogP contribution in [0, 0.1) is 0 Å². The Labute approximate surface area is 179 Å². The molecular weight excluding hydrogens is 398 g/mol. The van der Waals surface area contributed by atoms with E-state index >= 15 is 0 Å². The van der Waals surface area contributed by atoms with E-state index in [1.807, 2.05) is 20.0 Å². The first-order valence-electron chi connectivity index (χ1n) is 10.7. The van der Waals surface area contributed by atoms with E-state index in [0.717, 1.165) is 17.9 Å². The first kappa shape index (κ1) is 21.2. The lowest BCUT2D eigenvalue weighted by atomic mass is 9.83. The molecule has 0 saturated carbocycles. The molecule has 0 radical (unpaired) electrons. The first-order chi connectivity index (χ1) is 14.5. The van der Waals surface area contributed by atoms with Crippen LogP contribution in [0.25, 0.3) is 0 Å². The SMILES string of the molecule is CCCS(=O)(=O)NC1CN(c2ccc3c(c2)C(Cc2ccccc2)C(NC)CO3)C1. The average Bonchev–Trinajstić information content (AvgIpc) is 2.71. The van der Waals surface area contributed by atoms with Crippen LogP contribution in [-0.4, -0.2) is 53.0 Å². The van der Waals surface area contributed by atoms with Gasteiger partial charge in [-0.15, -0.1) is 0 Å². The summed E-state index contributed by atoms with van der Waals surface area (Å²) < 4.78 is 32.8. The molecule has 162 valence electrons. The summed E-state index contributed by atoms with van der Waals surface area (Å²) >= 11 is 0. The maximum Gasteiger partial charge on any atom is 0.211 e. The Bertz CT molecular complexity index is 959. The van der Waals surface area contributed by atoms with Crippen LogP contribution in [-0.2, 0) is 16.4 Å². The molecule has 2 aromatic carbocycles. The molecule has 6 nitrogen and oxygen atoms in total. The molecule has 0 amide bonds. The summed E-state index contributed by atoms with van der Waals surface area (Å²) in [5.74, 6) is 1.46. The second kappa shape index (κ2) is 8.96. The van der Waals surface area contributed by atoms with Gasteiger partial charge in [0.15, 0.2) is 0 Å². The van der Waals surface area contributed by atoms with Gasteiger partial charge in [0, 0.05) is 36.3 Å². The number of sulfonamides is 1. The zero-order valence-corrected chi connectivity index (χ0v) is 18.5. The smallest absolute Gasteiger partial charge is 0.211 e. The number of fused-ring (bicyclic) bond motifs is 1. The largest absolute Gasteiger partial charge is 0.492 e. The van der Waals surface area contributed by atoms with Crippen molar-refractivity contribution in [3.8, 4) is 5.75 Å². The quantitative estimate of drug-likeness (QED) is 0.675. The summed E-state index contributed by atoms with van der Waals surface area (Å²) in [5.41, 5.74) is 3.66. The van der Waals surface area contributed by atoms with Crippen molar-refractivity contribution in [3.63, 3.8) is 0 Å². The molecule has 2 N–H and O–H groups in total. The van der Waals surface area contributed by atoms with E-state index in [-0.39, 0.29) is 17.8 Å². The standard InChI is InChI=1S/C23H31N3O3S/c1-3-11-30(27,28)25-18-14-26(15-18)19-9-10-23-21(13-19)20(22(24-2)16-29-23)12-17-7-5-4-6-8-17/h4-10,13,18,20,22,24-25H,3,11-12,14-16H2,1-2H3. The number of anilines is 1. The molecule has 2 aliphatic heterocycles. The minimum Gasteiger partial charge on any atom is -0.492 e. The van der Waals surface area contributed by atoms with E-state index in [2.05, 4.69) is 57.4 Å². The average molecular weight is 430 g/mol. The highest BCUT2D eigenvalue weighted by atomic mass is 32.2. The van der Waals surface area contributed by atoms with Gasteiger partial charge in [-0.1, -0.05) is 37.3 Å². The zero-order chi connectivity index (χ0) is 21.1. The van der Waals surface area contributed by atoms with Crippen LogP contribution >= 0.6 is 0 Å². The van der Waals surface area contributed by atoms with Gasteiger partial charge >= 0.3 is 0 Å². The molecule has 4 rings (SSSR count). The molecule has 7 heteroatoms. The molecule has 1 saturated heterocycles. The molecule has 30 heavy (non-hydrogen) atoms. The second-order valence-electron chi connectivity index (χ2n) is 8.26. The van der Waals surface area contributed by atoms with Crippen molar-refractivity contribution in [1.82, 2.24) is 10.0 Å². The van der Waals surface area contributed by atoms with Crippen LogP contribution in [0.15, 0.2) is 48.5 Å². The third-order valence-corrected chi connectivity index (χ3v) is 7.67. The molecule has 2 unspecified atom stereocenters. The molecular formula is C23H31N3O3S. The van der Waals surface area contributed by atoms with E-state index in [0.29, 0.717) is 32.0 Å². The van der Waals surface area contributed by atoms with Crippen molar-refractivity contribution >= 4 is 15.7 Å². The molecule has 0 aromatic heterocycles. The highest BCUT2D eigenvalue weighted by molar-refractivity contribution is 7.89. The van der Waals surface area contributed by atoms with Crippen molar-refractivity contribution in [2.24, 2.45) is 0 Å². The lowest BCUT2D eigenvalue weighted by molar-refractivity contribution is 0.219. The van der Waals surface area contributed by atoms with Crippen LogP contribution in [0.2, 0.25) is 0 Å². The minimum atomic E-state index is -3.17. The Kier molecular flexibility index (Phi) is 6.32. The molecule has 0 aliphatic carbocycles. The van der Waals surface area contributed by atoms with Gasteiger partial charge in [0.05, 0.1) is 11.8 Å². The topological polar surface area (TPSA) is 70.7 Å². The predicted octanol–water partition coefficient (Wildman–Crippen LogP) is 2.51.